The van der Waals surface area contributed by atoms with E-state index in [0.717, 1.165) is 0 Å². The number of nitrogens with one attached hydrogen (secondary N) is 2. The monoisotopic (exact) mass is 320 g/mol. The van der Waals surface area contributed by atoms with E-state index in [-0.39, 0.29) is 6.54 Å². The Labute approximate surface area is 133 Å². The Kier molecular flexibility index (Phi) is 5.63. The molecule has 0 saturated heterocycles. The maximum atomic E-state index is 11.8. The number of benzene rings is 2. The minimum absolute atomic E-state index is 0.0947. The first kappa shape index (κ1) is 16.1. The number of halogens is 1. The van der Waals surface area contributed by atoms with Crippen LogP contribution in [0.1, 0.15) is 11.7 Å². The van der Waals surface area contributed by atoms with E-state index in [1.807, 2.05) is 0 Å². The molecule has 0 bridgehead atoms. The Morgan fingerprint density at radius 3 is 2.68 bits per heavy atom. The second kappa shape index (κ2) is 7.68. The Hall–Kier alpha value is -2.24. The molecule has 6 heteroatoms. The topological polar surface area (TPSA) is 70.6 Å². The van der Waals surface area contributed by atoms with Crippen molar-refractivity contribution in [2.75, 3.05) is 19.0 Å². The fourth-order valence-electron chi connectivity index (χ4n) is 1.87. The van der Waals surface area contributed by atoms with Gasteiger partial charge in [0.15, 0.2) is 0 Å². The number of aliphatic hydroxyl groups is 1. The summed E-state index contributed by atoms with van der Waals surface area (Å²) in [5, 5.41) is 15.9. The fourth-order valence-corrected chi connectivity index (χ4v) is 1.99. The third-order valence-corrected chi connectivity index (χ3v) is 3.29. The summed E-state index contributed by atoms with van der Waals surface area (Å²) in [5.74, 6) is 0.652. The van der Waals surface area contributed by atoms with Gasteiger partial charge in [-0.05, 0) is 29.8 Å². The average Bonchev–Trinajstić information content (AvgIpc) is 2.53. The van der Waals surface area contributed by atoms with Gasteiger partial charge in [-0.25, -0.2) is 4.79 Å². The van der Waals surface area contributed by atoms with E-state index in [9.17, 15) is 9.90 Å². The zero-order chi connectivity index (χ0) is 15.9. The number of carbonyl (C=O) groups excluding carboxylic acids is 1. The smallest absolute Gasteiger partial charge is 0.319 e. The Bertz CT molecular complexity index is 632. The summed E-state index contributed by atoms with van der Waals surface area (Å²) >= 11 is 5.79. The van der Waals surface area contributed by atoms with Crippen LogP contribution in [0.2, 0.25) is 5.02 Å². The zero-order valence-electron chi connectivity index (χ0n) is 12.0. The van der Waals surface area contributed by atoms with Crippen LogP contribution in [0.15, 0.2) is 48.5 Å². The molecule has 0 aromatic heterocycles. The standard InChI is InChI=1S/C16H17ClN2O3/c1-22-14-4-2-3-13(9-14)19-16(21)18-10-15(20)11-5-7-12(17)8-6-11/h2-9,15,20H,10H2,1H3,(H2,18,19,21). The molecule has 2 aromatic rings. The first-order chi connectivity index (χ1) is 10.6. The highest BCUT2D eigenvalue weighted by Gasteiger charge is 2.09. The third-order valence-electron chi connectivity index (χ3n) is 3.04. The van der Waals surface area contributed by atoms with E-state index in [1.165, 1.54) is 0 Å². The van der Waals surface area contributed by atoms with Gasteiger partial charge in [0.05, 0.1) is 13.2 Å². The van der Waals surface area contributed by atoms with E-state index in [0.29, 0.717) is 22.0 Å². The first-order valence-corrected chi connectivity index (χ1v) is 7.08. The molecule has 0 aliphatic heterocycles. The number of hydrogen-bond acceptors (Lipinski definition) is 3. The number of carbonyl (C=O) groups is 1. The number of aliphatic hydroxyl groups excluding tert-OH is 1. The van der Waals surface area contributed by atoms with Crippen molar-refractivity contribution in [3.8, 4) is 5.75 Å². The van der Waals surface area contributed by atoms with Gasteiger partial charge in [-0.15, -0.1) is 0 Å². The lowest BCUT2D eigenvalue weighted by Gasteiger charge is -2.13. The van der Waals surface area contributed by atoms with Crippen molar-refractivity contribution >= 4 is 23.3 Å². The highest BCUT2D eigenvalue weighted by atomic mass is 35.5. The number of amides is 2. The normalized spacial score (nSPS) is 11.6. The maximum absolute atomic E-state index is 11.8. The Balaban J connectivity index is 1.85. The van der Waals surface area contributed by atoms with Crippen LogP contribution in [0.4, 0.5) is 10.5 Å². The number of urea groups is 1. The lowest BCUT2D eigenvalue weighted by atomic mass is 10.1. The number of methoxy groups -OCH3 is 1. The highest BCUT2D eigenvalue weighted by Crippen LogP contribution is 2.17. The second-order valence-corrected chi connectivity index (χ2v) is 5.07. The van der Waals surface area contributed by atoms with Crippen molar-refractivity contribution in [3.63, 3.8) is 0 Å². The molecule has 2 amide bonds. The van der Waals surface area contributed by atoms with Crippen molar-refractivity contribution in [2.24, 2.45) is 0 Å². The van der Waals surface area contributed by atoms with Gasteiger partial charge in [0.1, 0.15) is 5.75 Å². The summed E-state index contributed by atoms with van der Waals surface area (Å²) < 4.78 is 5.08. The number of rotatable bonds is 5. The van der Waals surface area contributed by atoms with Gasteiger partial charge in [-0.1, -0.05) is 29.8 Å². The molecule has 2 aromatic carbocycles. The molecule has 0 aliphatic rings. The van der Waals surface area contributed by atoms with Crippen LogP contribution in [-0.2, 0) is 0 Å². The average molecular weight is 321 g/mol. The Morgan fingerprint density at radius 1 is 1.27 bits per heavy atom. The summed E-state index contributed by atoms with van der Waals surface area (Å²) in [5.41, 5.74) is 1.30. The summed E-state index contributed by atoms with van der Waals surface area (Å²) in [7, 11) is 1.56. The molecule has 0 fully saturated rings. The molecule has 2 rings (SSSR count). The van der Waals surface area contributed by atoms with E-state index in [4.69, 9.17) is 16.3 Å². The molecule has 0 heterocycles. The molecule has 0 saturated carbocycles. The first-order valence-electron chi connectivity index (χ1n) is 6.71. The molecule has 116 valence electrons. The summed E-state index contributed by atoms with van der Waals surface area (Å²) in [6, 6.07) is 13.4. The predicted molar refractivity (Wildman–Crippen MR) is 86.4 cm³/mol. The predicted octanol–water partition coefficient (Wildman–Crippen LogP) is 3.20. The molecule has 1 unspecified atom stereocenters. The zero-order valence-corrected chi connectivity index (χ0v) is 12.8. The van der Waals surface area contributed by atoms with Gasteiger partial charge in [0.25, 0.3) is 0 Å². The van der Waals surface area contributed by atoms with E-state index in [1.54, 1.807) is 55.6 Å². The molecule has 1 atom stereocenters. The van der Waals surface area contributed by atoms with Gasteiger partial charge in [-0.3, -0.25) is 0 Å². The van der Waals surface area contributed by atoms with Gasteiger partial charge >= 0.3 is 6.03 Å². The molecular weight excluding hydrogens is 304 g/mol. The third kappa shape index (κ3) is 4.65. The molecule has 22 heavy (non-hydrogen) atoms. The van der Waals surface area contributed by atoms with Gasteiger partial charge in [-0.2, -0.15) is 0 Å². The van der Waals surface area contributed by atoms with Crippen molar-refractivity contribution in [2.45, 2.75) is 6.10 Å². The van der Waals surface area contributed by atoms with Crippen LogP contribution in [0.3, 0.4) is 0 Å². The van der Waals surface area contributed by atoms with Gasteiger partial charge < -0.3 is 20.5 Å². The summed E-state index contributed by atoms with van der Waals surface area (Å²) in [6.45, 7) is 0.0947. The highest BCUT2D eigenvalue weighted by molar-refractivity contribution is 6.30. The molecule has 0 aliphatic carbocycles. The van der Waals surface area contributed by atoms with E-state index >= 15 is 0 Å². The molecule has 5 nitrogen and oxygen atoms in total. The van der Waals surface area contributed by atoms with Crippen LogP contribution >= 0.6 is 11.6 Å². The van der Waals surface area contributed by atoms with Crippen LogP contribution in [0.5, 0.6) is 5.75 Å². The lowest BCUT2D eigenvalue weighted by Crippen LogP contribution is -2.32. The summed E-state index contributed by atoms with van der Waals surface area (Å²) in [6.07, 6.45) is -0.798. The lowest BCUT2D eigenvalue weighted by molar-refractivity contribution is 0.175. The SMILES string of the molecule is COc1cccc(NC(=O)NCC(O)c2ccc(Cl)cc2)c1. The van der Waals surface area contributed by atoms with Crippen LogP contribution < -0.4 is 15.4 Å². The van der Waals surface area contributed by atoms with Gasteiger partial charge in [0, 0.05) is 23.3 Å². The van der Waals surface area contributed by atoms with Crippen molar-refractivity contribution < 1.29 is 14.6 Å². The van der Waals surface area contributed by atoms with Crippen molar-refractivity contribution in [1.82, 2.24) is 5.32 Å². The molecule has 0 radical (unpaired) electrons. The number of anilines is 1. The fraction of sp³-hybridized carbons (Fsp3) is 0.188. The molecular formula is C16H17ClN2O3. The molecule has 3 N–H and O–H groups in total. The van der Waals surface area contributed by atoms with Crippen LogP contribution in [-0.4, -0.2) is 24.8 Å². The minimum atomic E-state index is -0.798. The largest absolute Gasteiger partial charge is 0.497 e. The maximum Gasteiger partial charge on any atom is 0.319 e. The number of hydrogen-bond donors (Lipinski definition) is 3. The minimum Gasteiger partial charge on any atom is -0.497 e. The van der Waals surface area contributed by atoms with Crippen LogP contribution in [0, 0.1) is 0 Å². The van der Waals surface area contributed by atoms with E-state index < -0.39 is 12.1 Å². The Morgan fingerprint density at radius 2 is 2.00 bits per heavy atom. The van der Waals surface area contributed by atoms with Crippen LogP contribution in [0.25, 0.3) is 0 Å². The number of ether oxygens (including phenoxy) is 1. The van der Waals surface area contributed by atoms with E-state index in [2.05, 4.69) is 10.6 Å². The summed E-state index contributed by atoms with van der Waals surface area (Å²) in [4.78, 5) is 11.8. The molecule has 0 spiro atoms. The van der Waals surface area contributed by atoms with Gasteiger partial charge in [0.2, 0.25) is 0 Å². The van der Waals surface area contributed by atoms with Crippen molar-refractivity contribution in [1.29, 1.82) is 0 Å². The quantitative estimate of drug-likeness (QED) is 0.792. The second-order valence-electron chi connectivity index (χ2n) is 4.63. The van der Waals surface area contributed by atoms with Crippen molar-refractivity contribution in [3.05, 3.63) is 59.1 Å².